The predicted octanol–water partition coefficient (Wildman–Crippen LogP) is 1.81. The van der Waals surface area contributed by atoms with E-state index in [1.165, 1.54) is 23.8 Å². The molecular weight excluding hydrogens is 278 g/mol. The van der Waals surface area contributed by atoms with E-state index >= 15 is 0 Å². The molecule has 0 aliphatic carbocycles. The molecule has 0 spiro atoms. The number of benzene rings is 1. The van der Waals surface area contributed by atoms with Crippen LogP contribution in [0.15, 0.2) is 29.2 Å². The monoisotopic (exact) mass is 297 g/mol. The molecule has 5 nitrogen and oxygen atoms in total. The summed E-state index contributed by atoms with van der Waals surface area (Å²) >= 11 is 1.45. The van der Waals surface area contributed by atoms with Crippen LogP contribution >= 0.6 is 11.8 Å². The zero-order valence-corrected chi connectivity index (χ0v) is 12.7. The first kappa shape index (κ1) is 16.4. The summed E-state index contributed by atoms with van der Waals surface area (Å²) in [6.45, 7) is 0.370. The number of hydrogen-bond acceptors (Lipinski definition) is 5. The minimum atomic E-state index is -0.313. The fourth-order valence-corrected chi connectivity index (χ4v) is 2.25. The maximum absolute atomic E-state index is 11.9. The van der Waals surface area contributed by atoms with Crippen molar-refractivity contribution in [3.63, 3.8) is 0 Å². The van der Waals surface area contributed by atoms with Crippen molar-refractivity contribution < 1.29 is 19.1 Å². The number of amides is 1. The Hall–Kier alpha value is -1.69. The first-order chi connectivity index (χ1) is 9.56. The van der Waals surface area contributed by atoms with Crippen molar-refractivity contribution in [2.75, 3.05) is 33.6 Å². The summed E-state index contributed by atoms with van der Waals surface area (Å²) < 4.78 is 9.61. The minimum absolute atomic E-state index is 0.0188. The molecule has 1 aromatic carbocycles. The number of methoxy groups -OCH3 is 2. The van der Waals surface area contributed by atoms with Crippen LogP contribution in [-0.2, 0) is 14.3 Å². The number of thioether (sulfide) groups is 1. The van der Waals surface area contributed by atoms with Gasteiger partial charge in [0.05, 0.1) is 26.4 Å². The van der Waals surface area contributed by atoms with Gasteiger partial charge in [-0.2, -0.15) is 0 Å². The van der Waals surface area contributed by atoms with Gasteiger partial charge in [0.2, 0.25) is 5.91 Å². The Morgan fingerprint density at radius 2 is 1.85 bits per heavy atom. The van der Waals surface area contributed by atoms with Crippen LogP contribution in [0.2, 0.25) is 0 Å². The molecule has 6 heteroatoms. The van der Waals surface area contributed by atoms with Crippen molar-refractivity contribution in [3.8, 4) is 5.75 Å². The van der Waals surface area contributed by atoms with Gasteiger partial charge in [-0.3, -0.25) is 9.59 Å². The van der Waals surface area contributed by atoms with E-state index < -0.39 is 0 Å². The van der Waals surface area contributed by atoms with Gasteiger partial charge in [0.1, 0.15) is 5.75 Å². The zero-order valence-electron chi connectivity index (χ0n) is 11.9. The first-order valence-electron chi connectivity index (χ1n) is 6.14. The van der Waals surface area contributed by atoms with Crippen LogP contribution < -0.4 is 4.74 Å². The van der Waals surface area contributed by atoms with Gasteiger partial charge >= 0.3 is 5.97 Å². The van der Waals surface area contributed by atoms with Crippen LogP contribution in [0.25, 0.3) is 0 Å². The van der Waals surface area contributed by atoms with E-state index in [0.29, 0.717) is 12.3 Å². The Morgan fingerprint density at radius 1 is 1.20 bits per heavy atom. The van der Waals surface area contributed by atoms with Crippen LogP contribution in [0.1, 0.15) is 6.42 Å². The van der Waals surface area contributed by atoms with E-state index in [-0.39, 0.29) is 18.3 Å². The molecule has 1 aromatic rings. The average molecular weight is 297 g/mol. The van der Waals surface area contributed by atoms with E-state index in [1.807, 2.05) is 24.3 Å². The first-order valence-corrected chi connectivity index (χ1v) is 7.13. The third kappa shape index (κ3) is 5.52. The van der Waals surface area contributed by atoms with Crippen molar-refractivity contribution in [2.24, 2.45) is 0 Å². The van der Waals surface area contributed by atoms with Crippen LogP contribution in [0.5, 0.6) is 5.75 Å². The molecule has 0 radical (unpaired) electrons. The quantitative estimate of drug-likeness (QED) is 0.567. The Bertz CT molecular complexity index is 447. The minimum Gasteiger partial charge on any atom is -0.497 e. The summed E-state index contributed by atoms with van der Waals surface area (Å²) in [5.41, 5.74) is 0. The normalized spacial score (nSPS) is 9.95. The number of esters is 1. The topological polar surface area (TPSA) is 55.8 Å². The molecular formula is C14H19NO4S. The molecule has 0 aliphatic heterocycles. The van der Waals surface area contributed by atoms with Gasteiger partial charge in [-0.25, -0.2) is 0 Å². The largest absolute Gasteiger partial charge is 0.497 e. The lowest BCUT2D eigenvalue weighted by atomic mass is 10.3. The van der Waals surface area contributed by atoms with Crippen LogP contribution in [0.3, 0.4) is 0 Å². The summed E-state index contributed by atoms with van der Waals surface area (Å²) in [4.78, 5) is 25.4. The molecule has 0 aliphatic rings. The van der Waals surface area contributed by atoms with E-state index in [1.54, 1.807) is 14.2 Å². The number of nitrogens with zero attached hydrogens (tertiary/aromatic N) is 1. The average Bonchev–Trinajstić information content (AvgIpc) is 2.50. The van der Waals surface area contributed by atoms with Crippen LogP contribution in [0, 0.1) is 0 Å². The number of hydrogen-bond donors (Lipinski definition) is 0. The SMILES string of the molecule is COC(=O)CCN(C)C(=O)CSc1ccc(OC)cc1. The second-order valence-corrected chi connectivity index (χ2v) is 5.15. The Kier molecular flexibility index (Phi) is 6.93. The molecule has 1 rings (SSSR count). The Morgan fingerprint density at radius 3 is 2.40 bits per heavy atom. The van der Waals surface area contributed by atoms with Crippen LogP contribution in [-0.4, -0.2) is 50.3 Å². The molecule has 0 fully saturated rings. The Labute approximate surface area is 123 Å². The highest BCUT2D eigenvalue weighted by Gasteiger charge is 2.11. The smallest absolute Gasteiger partial charge is 0.307 e. The lowest BCUT2D eigenvalue weighted by molar-refractivity contribution is -0.141. The third-order valence-electron chi connectivity index (χ3n) is 2.73. The van der Waals surface area contributed by atoms with E-state index in [2.05, 4.69) is 4.74 Å². The summed E-state index contributed by atoms with van der Waals surface area (Å²) in [6, 6.07) is 7.53. The summed E-state index contributed by atoms with van der Waals surface area (Å²) in [6.07, 6.45) is 0.214. The second-order valence-electron chi connectivity index (χ2n) is 4.11. The fraction of sp³-hybridized carbons (Fsp3) is 0.429. The van der Waals surface area contributed by atoms with E-state index in [9.17, 15) is 9.59 Å². The lowest BCUT2D eigenvalue weighted by Gasteiger charge is -2.16. The number of carbonyl (C=O) groups excluding carboxylic acids is 2. The van der Waals surface area contributed by atoms with Gasteiger partial charge in [-0.15, -0.1) is 11.8 Å². The van der Waals surface area contributed by atoms with Gasteiger partial charge in [0, 0.05) is 18.5 Å². The summed E-state index contributed by atoms with van der Waals surface area (Å²) in [5, 5.41) is 0. The molecule has 0 aromatic heterocycles. The number of rotatable bonds is 7. The molecule has 1 amide bonds. The Balaban J connectivity index is 2.35. The number of ether oxygens (including phenoxy) is 2. The lowest BCUT2D eigenvalue weighted by Crippen LogP contribution is -2.30. The second kappa shape index (κ2) is 8.47. The molecule has 0 bridgehead atoms. The van der Waals surface area contributed by atoms with Crippen molar-refractivity contribution in [1.82, 2.24) is 4.90 Å². The molecule has 0 unspecified atom stereocenters. The standard InChI is InChI=1S/C14H19NO4S/c1-15(9-8-14(17)19-3)13(16)10-20-12-6-4-11(18-2)5-7-12/h4-7H,8-10H2,1-3H3. The molecule has 0 saturated carbocycles. The highest BCUT2D eigenvalue weighted by atomic mass is 32.2. The van der Waals surface area contributed by atoms with Crippen molar-refractivity contribution in [3.05, 3.63) is 24.3 Å². The van der Waals surface area contributed by atoms with Gasteiger partial charge in [-0.1, -0.05) is 0 Å². The van der Waals surface area contributed by atoms with Gasteiger partial charge in [-0.05, 0) is 24.3 Å². The van der Waals surface area contributed by atoms with Crippen LogP contribution in [0.4, 0.5) is 0 Å². The molecule has 110 valence electrons. The van der Waals surface area contributed by atoms with Crippen molar-refractivity contribution in [2.45, 2.75) is 11.3 Å². The molecule has 20 heavy (non-hydrogen) atoms. The number of carbonyl (C=O) groups is 2. The highest BCUT2D eigenvalue weighted by molar-refractivity contribution is 8.00. The van der Waals surface area contributed by atoms with Gasteiger partial charge < -0.3 is 14.4 Å². The third-order valence-corrected chi connectivity index (χ3v) is 3.72. The molecule has 0 heterocycles. The summed E-state index contributed by atoms with van der Waals surface area (Å²) in [7, 11) is 4.63. The highest BCUT2D eigenvalue weighted by Crippen LogP contribution is 2.21. The maximum atomic E-state index is 11.9. The zero-order chi connectivity index (χ0) is 15.0. The van der Waals surface area contributed by atoms with E-state index in [4.69, 9.17) is 4.74 Å². The van der Waals surface area contributed by atoms with E-state index in [0.717, 1.165) is 10.6 Å². The van der Waals surface area contributed by atoms with Crippen molar-refractivity contribution in [1.29, 1.82) is 0 Å². The molecule has 0 atom stereocenters. The molecule has 0 N–H and O–H groups in total. The fourth-order valence-electron chi connectivity index (χ4n) is 1.41. The van der Waals surface area contributed by atoms with Gasteiger partial charge in [0.15, 0.2) is 0 Å². The predicted molar refractivity (Wildman–Crippen MR) is 78.0 cm³/mol. The van der Waals surface area contributed by atoms with Gasteiger partial charge in [0.25, 0.3) is 0 Å². The molecule has 0 saturated heterocycles. The summed E-state index contributed by atoms with van der Waals surface area (Å²) in [5.74, 6) is 0.794. The maximum Gasteiger partial charge on any atom is 0.307 e. The van der Waals surface area contributed by atoms with Crippen molar-refractivity contribution >= 4 is 23.6 Å².